The summed E-state index contributed by atoms with van der Waals surface area (Å²) in [7, 11) is 2.25. The monoisotopic (exact) mass is 253 g/mol. The van der Waals surface area contributed by atoms with E-state index in [1.807, 2.05) is 11.3 Å². The van der Waals surface area contributed by atoms with Crippen molar-refractivity contribution in [3.63, 3.8) is 0 Å². The molecule has 1 N–H and O–H groups in total. The number of hydrogen-bond acceptors (Lipinski definition) is 4. The minimum Gasteiger partial charge on any atom is -0.317 e. The van der Waals surface area contributed by atoms with Crippen molar-refractivity contribution in [2.45, 2.75) is 45.7 Å². The minimum atomic E-state index is 0.729. The van der Waals surface area contributed by atoms with Crippen LogP contribution < -0.4 is 5.32 Å². The van der Waals surface area contributed by atoms with E-state index in [4.69, 9.17) is 0 Å². The molecular weight excluding hydrogens is 230 g/mol. The van der Waals surface area contributed by atoms with Crippen LogP contribution in [0, 0.1) is 13.8 Å². The molecule has 3 nitrogen and oxygen atoms in total. The molecule has 0 radical (unpaired) electrons. The lowest BCUT2D eigenvalue weighted by Crippen LogP contribution is -2.31. The van der Waals surface area contributed by atoms with Crippen LogP contribution in [-0.2, 0) is 6.54 Å². The van der Waals surface area contributed by atoms with E-state index in [2.05, 4.69) is 36.1 Å². The fourth-order valence-corrected chi connectivity index (χ4v) is 3.52. The molecule has 2 heterocycles. The van der Waals surface area contributed by atoms with E-state index in [1.54, 1.807) is 0 Å². The number of rotatable bonds is 3. The van der Waals surface area contributed by atoms with Crippen LogP contribution in [0.1, 0.15) is 34.8 Å². The lowest BCUT2D eigenvalue weighted by Gasteiger charge is -2.26. The molecule has 1 aliphatic rings. The fraction of sp³-hybridized carbons (Fsp3) is 0.769. The zero-order valence-electron chi connectivity index (χ0n) is 11.1. The van der Waals surface area contributed by atoms with Gasteiger partial charge in [0.15, 0.2) is 0 Å². The highest BCUT2D eigenvalue weighted by molar-refractivity contribution is 7.11. The van der Waals surface area contributed by atoms with Crippen LogP contribution in [0.15, 0.2) is 0 Å². The summed E-state index contributed by atoms with van der Waals surface area (Å²) in [5, 5.41) is 4.66. The van der Waals surface area contributed by atoms with Gasteiger partial charge in [-0.2, -0.15) is 0 Å². The summed E-state index contributed by atoms with van der Waals surface area (Å²) >= 11 is 1.84. The van der Waals surface area contributed by atoms with Crippen LogP contribution in [-0.4, -0.2) is 36.1 Å². The lowest BCUT2D eigenvalue weighted by atomic mass is 10.1. The Labute approximate surface area is 108 Å². The van der Waals surface area contributed by atoms with E-state index in [-0.39, 0.29) is 0 Å². The molecule has 1 aliphatic heterocycles. The van der Waals surface area contributed by atoms with Gasteiger partial charge in [0.25, 0.3) is 0 Å². The Hall–Kier alpha value is -0.450. The molecule has 0 amide bonds. The van der Waals surface area contributed by atoms with Crippen molar-refractivity contribution in [2.75, 3.05) is 20.1 Å². The SMILES string of the molecule is Cc1nc(C)c(CN(C)C2CCCNCC2)s1. The van der Waals surface area contributed by atoms with Gasteiger partial charge in [0, 0.05) is 17.5 Å². The van der Waals surface area contributed by atoms with Crippen LogP contribution in [0.4, 0.5) is 0 Å². The first-order valence-corrected chi connectivity index (χ1v) is 7.32. The molecule has 2 rings (SSSR count). The average Bonchev–Trinajstić information content (AvgIpc) is 2.54. The van der Waals surface area contributed by atoms with Crippen molar-refractivity contribution < 1.29 is 0 Å². The van der Waals surface area contributed by atoms with Crippen molar-refractivity contribution >= 4 is 11.3 Å². The Morgan fingerprint density at radius 1 is 1.35 bits per heavy atom. The Kier molecular flexibility index (Phi) is 4.54. The van der Waals surface area contributed by atoms with Crippen molar-refractivity contribution in [2.24, 2.45) is 0 Å². The molecule has 96 valence electrons. The first-order chi connectivity index (χ1) is 8.16. The van der Waals surface area contributed by atoms with E-state index in [9.17, 15) is 0 Å². The first-order valence-electron chi connectivity index (χ1n) is 6.50. The minimum absolute atomic E-state index is 0.729. The van der Waals surface area contributed by atoms with Gasteiger partial charge in [-0.1, -0.05) is 0 Å². The van der Waals surface area contributed by atoms with Crippen LogP contribution in [0.3, 0.4) is 0 Å². The van der Waals surface area contributed by atoms with Crippen molar-refractivity contribution in [3.8, 4) is 0 Å². The van der Waals surface area contributed by atoms with Gasteiger partial charge in [-0.25, -0.2) is 4.98 Å². The second kappa shape index (κ2) is 5.94. The second-order valence-corrected chi connectivity index (χ2v) is 6.28. The molecule has 0 aliphatic carbocycles. The number of nitrogens with zero attached hydrogens (tertiary/aromatic N) is 2. The third kappa shape index (κ3) is 3.50. The average molecular weight is 253 g/mol. The summed E-state index contributed by atoms with van der Waals surface area (Å²) in [4.78, 5) is 8.45. The maximum atomic E-state index is 4.51. The topological polar surface area (TPSA) is 28.2 Å². The van der Waals surface area contributed by atoms with E-state index in [0.717, 1.165) is 19.1 Å². The van der Waals surface area contributed by atoms with Crippen LogP contribution >= 0.6 is 11.3 Å². The van der Waals surface area contributed by atoms with Crippen molar-refractivity contribution in [1.82, 2.24) is 15.2 Å². The van der Waals surface area contributed by atoms with Gasteiger partial charge in [0.2, 0.25) is 0 Å². The number of aryl methyl sites for hydroxylation is 2. The van der Waals surface area contributed by atoms with Gasteiger partial charge in [-0.15, -0.1) is 11.3 Å². The van der Waals surface area contributed by atoms with Gasteiger partial charge in [-0.05, 0) is 53.2 Å². The Morgan fingerprint density at radius 3 is 2.88 bits per heavy atom. The summed E-state index contributed by atoms with van der Waals surface area (Å²) < 4.78 is 0. The number of aromatic nitrogens is 1. The van der Waals surface area contributed by atoms with Crippen molar-refractivity contribution in [1.29, 1.82) is 0 Å². The highest BCUT2D eigenvalue weighted by Crippen LogP contribution is 2.21. The molecule has 4 heteroatoms. The Morgan fingerprint density at radius 2 is 2.18 bits per heavy atom. The molecule has 0 saturated carbocycles. The maximum absolute atomic E-state index is 4.51. The van der Waals surface area contributed by atoms with E-state index in [0.29, 0.717) is 0 Å². The van der Waals surface area contributed by atoms with Crippen LogP contribution in [0.5, 0.6) is 0 Å². The normalized spacial score (nSPS) is 21.8. The number of nitrogens with one attached hydrogen (secondary N) is 1. The molecular formula is C13H23N3S. The zero-order valence-corrected chi connectivity index (χ0v) is 11.9. The molecule has 0 spiro atoms. The lowest BCUT2D eigenvalue weighted by molar-refractivity contribution is 0.218. The summed E-state index contributed by atoms with van der Waals surface area (Å²) in [6.45, 7) is 7.62. The largest absolute Gasteiger partial charge is 0.317 e. The molecule has 1 unspecified atom stereocenters. The molecule has 1 aromatic rings. The molecule has 1 saturated heterocycles. The van der Waals surface area contributed by atoms with Gasteiger partial charge >= 0.3 is 0 Å². The van der Waals surface area contributed by atoms with E-state index in [1.165, 1.54) is 41.4 Å². The zero-order chi connectivity index (χ0) is 12.3. The smallest absolute Gasteiger partial charge is 0.0900 e. The molecule has 1 fully saturated rings. The van der Waals surface area contributed by atoms with E-state index < -0.39 is 0 Å². The van der Waals surface area contributed by atoms with E-state index >= 15 is 0 Å². The fourth-order valence-electron chi connectivity index (χ4n) is 2.52. The first kappa shape index (κ1) is 13.0. The predicted molar refractivity (Wildman–Crippen MR) is 73.6 cm³/mol. The number of hydrogen-bond donors (Lipinski definition) is 1. The van der Waals surface area contributed by atoms with Gasteiger partial charge in [0.05, 0.1) is 10.7 Å². The molecule has 17 heavy (non-hydrogen) atoms. The van der Waals surface area contributed by atoms with Crippen LogP contribution in [0.25, 0.3) is 0 Å². The molecule has 1 aromatic heterocycles. The van der Waals surface area contributed by atoms with Gasteiger partial charge in [-0.3, -0.25) is 4.90 Å². The summed E-state index contributed by atoms with van der Waals surface area (Å²) in [6.07, 6.45) is 3.89. The molecule has 0 aromatic carbocycles. The van der Waals surface area contributed by atoms with Crippen molar-refractivity contribution in [3.05, 3.63) is 15.6 Å². The summed E-state index contributed by atoms with van der Waals surface area (Å²) in [5.74, 6) is 0. The standard InChI is InChI=1S/C13H23N3S/c1-10-13(17-11(2)15-10)9-16(3)12-5-4-7-14-8-6-12/h12,14H,4-9H2,1-3H3. The maximum Gasteiger partial charge on any atom is 0.0900 e. The highest BCUT2D eigenvalue weighted by Gasteiger charge is 2.18. The quantitative estimate of drug-likeness (QED) is 0.896. The third-order valence-corrected chi connectivity index (χ3v) is 4.62. The van der Waals surface area contributed by atoms with Crippen LogP contribution in [0.2, 0.25) is 0 Å². The Bertz CT molecular complexity index is 354. The summed E-state index contributed by atoms with van der Waals surface area (Å²) in [5.41, 5.74) is 1.21. The number of thiazole rings is 1. The predicted octanol–water partition coefficient (Wildman–Crippen LogP) is 2.33. The Balaban J connectivity index is 1.95. The second-order valence-electron chi connectivity index (χ2n) is 4.99. The summed E-state index contributed by atoms with van der Waals surface area (Å²) in [6, 6.07) is 0.729. The van der Waals surface area contributed by atoms with Gasteiger partial charge in [0.1, 0.15) is 0 Å². The molecule has 0 bridgehead atoms. The highest BCUT2D eigenvalue weighted by atomic mass is 32.1. The van der Waals surface area contributed by atoms with Gasteiger partial charge < -0.3 is 5.32 Å². The molecule has 1 atom stereocenters. The third-order valence-electron chi connectivity index (χ3n) is 3.56.